The molecule has 5 aromatic carbocycles. The minimum Gasteiger partial charge on any atom is -0.744 e. The Morgan fingerprint density at radius 3 is 1.59 bits per heavy atom. The van der Waals surface area contributed by atoms with Gasteiger partial charge < -0.3 is 54.6 Å². The molecular weight excluding hydrogens is 1160 g/mol. The molecule has 4 N–H and O–H groups in total. The molecule has 11 rings (SSSR count). The van der Waals surface area contributed by atoms with Crippen molar-refractivity contribution in [3.05, 3.63) is 102 Å². The fraction of sp³-hybridized carbons (Fsp3) is 0. The molecule has 4 aromatic heterocycles. The second-order valence-electron chi connectivity index (χ2n) is 15.2. The number of hydrogen-bond acceptors (Lipinski definition) is 22. The van der Waals surface area contributed by atoms with E-state index in [-0.39, 0.29) is 207 Å². The Morgan fingerprint density at radius 1 is 0.493 bits per heavy atom. The fourth-order valence-electron chi connectivity index (χ4n) is 7.90. The zero-order chi connectivity index (χ0) is 49.9. The summed E-state index contributed by atoms with van der Waals surface area (Å²) in [7, 11) is -20.4. The molecule has 0 spiro atoms. The minimum absolute atomic E-state index is 0. The summed E-state index contributed by atoms with van der Waals surface area (Å²) in [5, 5.41) is 1.78. The van der Waals surface area contributed by atoms with Gasteiger partial charge in [0.1, 0.15) is 30.4 Å². The molecule has 0 saturated carbocycles. The van der Waals surface area contributed by atoms with Crippen LogP contribution in [0.15, 0.2) is 117 Å². The first kappa shape index (κ1) is 58.1. The van der Waals surface area contributed by atoms with Gasteiger partial charge in [-0.2, -0.15) is 15.0 Å². The van der Waals surface area contributed by atoms with Crippen molar-refractivity contribution in [2.75, 3.05) is 15.8 Å². The largest absolute Gasteiger partial charge is 2.00 e. The van der Waals surface area contributed by atoms with Crippen molar-refractivity contribution >= 4 is 119 Å². The number of rotatable bonds is 8. The van der Waals surface area contributed by atoms with E-state index in [2.05, 4.69) is 64.9 Å². The van der Waals surface area contributed by atoms with E-state index in [0.29, 0.717) is 0 Å². The Kier molecular flexibility index (Phi) is 16.5. The summed E-state index contributed by atoms with van der Waals surface area (Å²) < 4.78 is 145. The molecule has 2 aliphatic heterocycles. The van der Waals surface area contributed by atoms with E-state index in [1.165, 1.54) is 66.7 Å². The standard InChI is InChI=1S/C41H23ClN14O11S4.Cu.3Na/c42-39-53-40(43)55-41(54-39)44-17-5-1-6-18(15-17)56-68(57,58)25-10-2-7-21-28(25)36-49-32(21)46-33-22-8-3-11-26(70(62,63)64)29(22)37(50-33)48-31-20-14-13-19(69(59,60)61)16-24(20)35(45-31)47-34-23-9-4-12-27(71(65,66)67)30(23)38(51-34)52-36;;;;/h1-16,56H,(H6-2,43,44,45,46,47,48,49,50,51,52,53,54,55,59,60,61,62,63,64,65,66,67);;;;/q-2;+2;3*+1/p-3. The van der Waals surface area contributed by atoms with E-state index in [9.17, 15) is 47.3 Å². The van der Waals surface area contributed by atoms with E-state index in [1.54, 1.807) is 6.07 Å². The van der Waals surface area contributed by atoms with Crippen LogP contribution in [0.5, 0.6) is 0 Å². The number of halogens is 1. The van der Waals surface area contributed by atoms with Gasteiger partial charge in [0, 0.05) is 61.3 Å². The molecule has 2 aliphatic rings. The van der Waals surface area contributed by atoms with Crippen molar-refractivity contribution in [3.63, 3.8) is 0 Å². The molecule has 34 heteroatoms. The third kappa shape index (κ3) is 11.0. The number of benzene rings is 5. The predicted octanol–water partition coefficient (Wildman–Crippen LogP) is -5.19. The number of anilines is 4. The van der Waals surface area contributed by atoms with Gasteiger partial charge in [-0.05, 0) is 70.9 Å². The molecule has 0 amide bonds. The summed E-state index contributed by atoms with van der Waals surface area (Å²) in [5.41, 5.74) is 4.07. The SMILES string of the molecule is Nc1nc(Cl)nc(Nc2cccc(NS(=O)(=O)c3cccc4c3-c3nc-4nc4[n-]c(nc5nc(nc6[n-]c(n3)c3c(S(=O)(=O)[O-])cccc63)-c3cc(S(=O)(=O)[O-])ccc3-5)c3c(S(=O)(=O)[O-])cccc43)c2)n1.[Cu+2].[Na+].[Na+].[Na+]. The van der Waals surface area contributed by atoms with E-state index < -0.39 is 77.1 Å². The van der Waals surface area contributed by atoms with Gasteiger partial charge in [-0.1, -0.05) is 48.5 Å². The van der Waals surface area contributed by atoms with Crippen LogP contribution in [0.25, 0.3) is 89.7 Å². The number of nitrogens with two attached hydrogens (primary N) is 1. The quantitative estimate of drug-likeness (QED) is 0.0945. The molecule has 0 atom stereocenters. The van der Waals surface area contributed by atoms with Crippen molar-refractivity contribution < 1.29 is 153 Å². The van der Waals surface area contributed by atoms with Gasteiger partial charge in [0.15, 0.2) is 0 Å². The summed E-state index contributed by atoms with van der Waals surface area (Å²) in [5.74, 6) is -1.63. The van der Waals surface area contributed by atoms with Gasteiger partial charge in [-0.15, -0.1) is 0 Å². The number of nitrogens with one attached hydrogen (secondary N) is 2. The smallest absolute Gasteiger partial charge is 0.744 e. The fourth-order valence-corrected chi connectivity index (χ4v) is 11.2. The number of nitrogen functional groups attached to an aromatic ring is 1. The van der Waals surface area contributed by atoms with Crippen LogP contribution in [-0.4, -0.2) is 92.2 Å². The first-order valence-corrected chi connectivity index (χ1v) is 25.9. The Balaban J connectivity index is 0.00000205. The van der Waals surface area contributed by atoms with Crippen LogP contribution >= 0.6 is 11.6 Å². The van der Waals surface area contributed by atoms with Gasteiger partial charge in [0.25, 0.3) is 10.0 Å². The van der Waals surface area contributed by atoms with E-state index in [4.69, 9.17) is 17.3 Å². The number of aromatic nitrogens is 11. The number of hydrogen-bond donors (Lipinski definition) is 3. The van der Waals surface area contributed by atoms with Crippen LogP contribution in [0.3, 0.4) is 0 Å². The van der Waals surface area contributed by atoms with E-state index in [0.717, 1.165) is 24.3 Å². The summed E-state index contributed by atoms with van der Waals surface area (Å²) in [6.45, 7) is 0. The predicted molar refractivity (Wildman–Crippen MR) is 248 cm³/mol. The molecule has 1 radical (unpaired) electrons. The number of nitrogens with zero attached hydrogens (tertiary/aromatic N) is 11. The summed E-state index contributed by atoms with van der Waals surface area (Å²) in [6, 6.07) is 20.1. The molecule has 0 fully saturated rings. The summed E-state index contributed by atoms with van der Waals surface area (Å²) >= 11 is 5.92. The molecule has 8 bridgehead atoms. The van der Waals surface area contributed by atoms with Gasteiger partial charge in [0.05, 0.1) is 48.6 Å². The Bertz CT molecular complexity index is 4530. The second kappa shape index (κ2) is 21.3. The van der Waals surface area contributed by atoms with Gasteiger partial charge in [-0.3, -0.25) is 4.72 Å². The summed E-state index contributed by atoms with van der Waals surface area (Å²) in [6.07, 6.45) is 0. The third-order valence-electron chi connectivity index (χ3n) is 10.8. The average Bonchev–Trinajstić information content (AvgIpc) is 4.03. The second-order valence-corrected chi connectivity index (χ2v) is 21.3. The Labute approximate surface area is 504 Å². The first-order chi connectivity index (χ1) is 33.6. The summed E-state index contributed by atoms with van der Waals surface area (Å²) in [4.78, 5) is 45.1. The average molecular weight is 1180 g/mol. The zero-order valence-electron chi connectivity index (χ0n) is 38.0. The maximum absolute atomic E-state index is 14.6. The van der Waals surface area contributed by atoms with Crippen LogP contribution in [-0.2, 0) is 57.4 Å². The number of fused-ring (bicyclic) bond motifs is 20. The van der Waals surface area contributed by atoms with Crippen molar-refractivity contribution in [2.45, 2.75) is 19.6 Å². The van der Waals surface area contributed by atoms with Crippen LogP contribution in [0.4, 0.5) is 23.3 Å². The monoisotopic (exact) mass is 1180 g/mol. The molecule has 6 heterocycles. The van der Waals surface area contributed by atoms with Crippen LogP contribution in [0, 0.1) is 0 Å². The van der Waals surface area contributed by atoms with E-state index in [1.807, 2.05) is 0 Å². The van der Waals surface area contributed by atoms with Crippen molar-refractivity contribution in [1.82, 2.24) is 54.8 Å². The maximum Gasteiger partial charge on any atom is 2.00 e. The van der Waals surface area contributed by atoms with Crippen LogP contribution in [0.1, 0.15) is 0 Å². The molecule has 25 nitrogen and oxygen atoms in total. The topological polar surface area (TPSA) is 400 Å². The third-order valence-corrected chi connectivity index (χ3v) is 14.9. The zero-order valence-corrected chi connectivity index (χ0v) is 49.0. The molecule has 75 heavy (non-hydrogen) atoms. The first-order valence-electron chi connectivity index (χ1n) is 19.8. The molecule has 9 aromatic rings. The molecule has 0 aliphatic carbocycles. The van der Waals surface area contributed by atoms with Gasteiger partial charge in [0.2, 0.25) is 17.2 Å². The molecule has 365 valence electrons. The van der Waals surface area contributed by atoms with Gasteiger partial charge >= 0.3 is 106 Å². The van der Waals surface area contributed by atoms with Crippen molar-refractivity contribution in [3.8, 4) is 45.6 Å². The van der Waals surface area contributed by atoms with Crippen LogP contribution in [0.2, 0.25) is 5.28 Å². The van der Waals surface area contributed by atoms with Crippen molar-refractivity contribution in [2.24, 2.45) is 0 Å². The maximum atomic E-state index is 14.6. The van der Waals surface area contributed by atoms with Crippen LogP contribution < -0.4 is 114 Å². The molecular formula is C41H20ClCuN14Na3O11S4. The minimum atomic E-state index is -5.32. The molecule has 0 saturated heterocycles. The van der Waals surface area contributed by atoms with Crippen molar-refractivity contribution in [1.29, 1.82) is 0 Å². The normalized spacial score (nSPS) is 12.1. The Morgan fingerprint density at radius 2 is 1.00 bits per heavy atom. The number of sulfonamides is 1. The Hall–Kier alpha value is -4.64. The molecule has 0 unspecified atom stereocenters. The van der Waals surface area contributed by atoms with E-state index >= 15 is 0 Å². The van der Waals surface area contributed by atoms with Gasteiger partial charge in [-0.25, -0.2) is 43.6 Å².